The van der Waals surface area contributed by atoms with E-state index >= 15 is 4.39 Å². The fraction of sp³-hybridized carbons (Fsp3) is 0.481. The highest BCUT2D eigenvalue weighted by Crippen LogP contribution is 2.53. The van der Waals surface area contributed by atoms with Crippen LogP contribution in [0.1, 0.15) is 24.0 Å². The Bertz CT molecular complexity index is 1460. The van der Waals surface area contributed by atoms with Gasteiger partial charge in [0.05, 0.1) is 29.5 Å². The Labute approximate surface area is 233 Å². The Morgan fingerprint density at radius 2 is 1.98 bits per heavy atom. The van der Waals surface area contributed by atoms with Crippen LogP contribution >= 0.6 is 0 Å². The molecule has 0 unspecified atom stereocenters. The third kappa shape index (κ3) is 4.28. The molecule has 3 aliphatic carbocycles. The van der Waals surface area contributed by atoms with Gasteiger partial charge in [0.15, 0.2) is 11.4 Å². The minimum Gasteiger partial charge on any atom is -0.510 e. The van der Waals surface area contributed by atoms with Gasteiger partial charge in [-0.25, -0.2) is 8.78 Å². The Morgan fingerprint density at radius 1 is 1.29 bits per heavy atom. The van der Waals surface area contributed by atoms with Crippen molar-refractivity contribution in [3.63, 3.8) is 0 Å². The van der Waals surface area contributed by atoms with E-state index in [1.165, 1.54) is 19.0 Å². The van der Waals surface area contributed by atoms with E-state index in [9.17, 15) is 39.2 Å². The number of benzene rings is 1. The van der Waals surface area contributed by atoms with Gasteiger partial charge >= 0.3 is 0 Å². The number of alkyl halides is 1. The second-order valence-corrected chi connectivity index (χ2v) is 11.3. The van der Waals surface area contributed by atoms with Crippen molar-refractivity contribution in [3.05, 3.63) is 39.9 Å². The summed E-state index contributed by atoms with van der Waals surface area (Å²) in [7, 11) is 3.07. The fourth-order valence-electron chi connectivity index (χ4n) is 6.74. The molecule has 1 saturated carbocycles. The molecule has 1 aromatic rings. The normalized spacial score (nSPS) is 29.9. The van der Waals surface area contributed by atoms with E-state index in [4.69, 9.17) is 11.1 Å². The number of primary amides is 1. The first kappa shape index (κ1) is 28.6. The van der Waals surface area contributed by atoms with Gasteiger partial charge in [-0.3, -0.25) is 24.2 Å². The lowest BCUT2D eigenvalue weighted by Gasteiger charge is -2.51. The molecule has 1 aromatic carbocycles. The molecular weight excluding hydrogens is 544 g/mol. The van der Waals surface area contributed by atoms with Crippen LogP contribution in [0.5, 0.6) is 5.75 Å². The molecular formula is C27H31F2N5O7. The quantitative estimate of drug-likeness (QED) is 0.245. The molecule has 4 aliphatic rings. The number of Topliss-reactive ketones (excluding diaryl/α,β-unsaturated/α-hetero) is 1. The molecule has 1 heterocycles. The first-order chi connectivity index (χ1) is 19.2. The number of fused-ring (bicyclic) bond motifs is 3. The van der Waals surface area contributed by atoms with Gasteiger partial charge in [-0.15, -0.1) is 0 Å². The molecule has 1 aliphatic heterocycles. The van der Waals surface area contributed by atoms with E-state index in [1.54, 1.807) is 4.90 Å². The molecule has 8 N–H and O–H groups in total. The first-order valence-corrected chi connectivity index (χ1v) is 13.1. The highest BCUT2D eigenvalue weighted by molar-refractivity contribution is 6.34. The lowest BCUT2D eigenvalue weighted by atomic mass is 9.57. The number of hydrogen-bond acceptors (Lipinski definition) is 10. The molecule has 5 rings (SSSR count). The summed E-state index contributed by atoms with van der Waals surface area (Å²) in [6.45, 7) is 0.207. The summed E-state index contributed by atoms with van der Waals surface area (Å²) in [6.07, 6.45) is -1.08. The number of nitrogens with two attached hydrogens (primary N) is 1. The number of carbonyl (C=O) groups excluding carboxylic acids is 3. The standard InChI is InChI=1S/C27H31F2N5O7/c1-33(2)20-13-6-10-5-12-14(29)7-15(32-16(35)9-34-4-3-11(28)8-34)21(36)18(12)22(37)17(10)25(39)27(13,41)24(30)19(23(20)38)26(31)40/h7,10-11,13,20,30,36-38,41H,3-6,8-9H2,1-2H3,(H2,31,40)(H,32,35)/t10-,11-,13-,20-,27+/m0/s1. The molecule has 12 nitrogen and oxygen atoms in total. The summed E-state index contributed by atoms with van der Waals surface area (Å²) in [6, 6.07) is -0.218. The number of carbonyl (C=O) groups is 3. The van der Waals surface area contributed by atoms with E-state index in [0.29, 0.717) is 6.54 Å². The Kier molecular flexibility index (Phi) is 6.91. The maximum absolute atomic E-state index is 15.4. The molecule has 41 heavy (non-hydrogen) atoms. The van der Waals surface area contributed by atoms with Gasteiger partial charge in [-0.05, 0) is 39.3 Å². The number of amides is 2. The summed E-state index contributed by atoms with van der Waals surface area (Å²) in [4.78, 5) is 41.6. The fourth-order valence-corrected chi connectivity index (χ4v) is 6.74. The van der Waals surface area contributed by atoms with E-state index in [2.05, 4.69) is 5.32 Å². The van der Waals surface area contributed by atoms with Crippen LogP contribution in [-0.4, -0.2) is 105 Å². The number of likely N-dealkylation sites (N-methyl/N-ethyl adjacent to an activating group) is 1. The van der Waals surface area contributed by atoms with Crippen molar-refractivity contribution in [2.75, 3.05) is 39.0 Å². The average molecular weight is 576 g/mol. The van der Waals surface area contributed by atoms with Crippen molar-refractivity contribution in [2.24, 2.45) is 17.6 Å². The zero-order valence-electron chi connectivity index (χ0n) is 22.4. The Balaban J connectivity index is 1.56. The van der Waals surface area contributed by atoms with Crippen molar-refractivity contribution in [2.45, 2.75) is 37.1 Å². The number of rotatable bonds is 5. The van der Waals surface area contributed by atoms with Crippen molar-refractivity contribution >= 4 is 34.8 Å². The lowest BCUT2D eigenvalue weighted by molar-refractivity contribution is -0.138. The number of nitrogens with zero attached hydrogens (tertiary/aromatic N) is 2. The maximum atomic E-state index is 15.4. The van der Waals surface area contributed by atoms with Crippen molar-refractivity contribution in [1.82, 2.24) is 9.80 Å². The lowest BCUT2D eigenvalue weighted by Crippen LogP contribution is -2.67. The minimum absolute atomic E-state index is 0.0619. The predicted molar refractivity (Wildman–Crippen MR) is 142 cm³/mol. The number of phenols is 1. The van der Waals surface area contributed by atoms with Crippen molar-refractivity contribution in [1.29, 1.82) is 5.41 Å². The molecule has 14 heteroatoms. The topological polar surface area (TPSA) is 201 Å². The number of phenolic OH excluding ortho intramolecular Hbond substituents is 1. The molecule has 0 spiro atoms. The van der Waals surface area contributed by atoms with Gasteiger partial charge in [0, 0.05) is 36.2 Å². The van der Waals surface area contributed by atoms with Gasteiger partial charge in [0.2, 0.25) is 11.7 Å². The van der Waals surface area contributed by atoms with Crippen LogP contribution in [0.2, 0.25) is 0 Å². The Hall–Kier alpha value is -3.88. The molecule has 2 fully saturated rings. The van der Waals surface area contributed by atoms with Crippen LogP contribution in [-0.2, 0) is 20.8 Å². The van der Waals surface area contributed by atoms with Crippen LogP contribution in [0.4, 0.5) is 14.5 Å². The number of likely N-dealkylation sites (tertiary alicyclic amines) is 1. The number of ketones is 1. The average Bonchev–Trinajstić information content (AvgIpc) is 3.28. The Morgan fingerprint density at radius 3 is 2.56 bits per heavy atom. The second kappa shape index (κ2) is 9.89. The number of anilines is 1. The molecule has 220 valence electrons. The molecule has 0 bridgehead atoms. The number of nitrogens with one attached hydrogen (secondary N) is 2. The highest BCUT2D eigenvalue weighted by atomic mass is 19.1. The van der Waals surface area contributed by atoms with E-state index in [1.807, 2.05) is 0 Å². The van der Waals surface area contributed by atoms with Crippen LogP contribution in [0.25, 0.3) is 5.76 Å². The SMILES string of the molecule is CN(C)[C@@H]1C(O)=C(C(N)=O)C(=N)[C@@]2(O)C(=O)C3=C(O)c4c(O)c(NC(=O)CN5CC[C@H](F)C5)cc(F)c4C[C@H]3C[C@@H]12. The highest BCUT2D eigenvalue weighted by Gasteiger charge is 2.63. The van der Waals surface area contributed by atoms with Crippen molar-refractivity contribution in [3.8, 4) is 5.75 Å². The summed E-state index contributed by atoms with van der Waals surface area (Å²) in [5, 5.41) is 55.7. The van der Waals surface area contributed by atoms with Crippen LogP contribution in [0, 0.1) is 23.1 Å². The minimum atomic E-state index is -2.67. The van der Waals surface area contributed by atoms with E-state index < -0.39 is 87.2 Å². The molecule has 2 amide bonds. The van der Waals surface area contributed by atoms with Crippen molar-refractivity contribution < 1.29 is 43.6 Å². The smallest absolute Gasteiger partial charge is 0.254 e. The van der Waals surface area contributed by atoms with Crippen LogP contribution in [0.3, 0.4) is 0 Å². The summed E-state index contributed by atoms with van der Waals surface area (Å²) in [5.41, 5.74) is -0.281. The summed E-state index contributed by atoms with van der Waals surface area (Å²) < 4.78 is 28.9. The van der Waals surface area contributed by atoms with E-state index in [0.717, 1.165) is 6.07 Å². The zero-order chi connectivity index (χ0) is 30.1. The third-order valence-electron chi connectivity index (χ3n) is 8.58. The first-order valence-electron chi connectivity index (χ1n) is 13.1. The third-order valence-corrected chi connectivity index (χ3v) is 8.58. The van der Waals surface area contributed by atoms with Gasteiger partial charge < -0.3 is 36.9 Å². The van der Waals surface area contributed by atoms with Gasteiger partial charge in [0.1, 0.15) is 29.1 Å². The number of aliphatic hydroxyl groups excluding tert-OH is 2. The van der Waals surface area contributed by atoms with E-state index in [-0.39, 0.29) is 49.2 Å². The predicted octanol–water partition coefficient (Wildman–Crippen LogP) is 0.536. The maximum Gasteiger partial charge on any atom is 0.254 e. The molecule has 0 radical (unpaired) electrons. The second-order valence-electron chi connectivity index (χ2n) is 11.3. The summed E-state index contributed by atoms with van der Waals surface area (Å²) >= 11 is 0. The zero-order valence-corrected chi connectivity index (χ0v) is 22.4. The number of hydrogen-bond donors (Lipinski definition) is 7. The molecule has 1 saturated heterocycles. The van der Waals surface area contributed by atoms with Gasteiger partial charge in [0.25, 0.3) is 5.91 Å². The summed E-state index contributed by atoms with van der Waals surface area (Å²) in [5.74, 6) is -8.08. The molecule has 0 aromatic heterocycles. The number of aliphatic hydroxyl groups is 3. The monoisotopic (exact) mass is 575 g/mol. The van der Waals surface area contributed by atoms with Crippen LogP contribution < -0.4 is 11.1 Å². The van der Waals surface area contributed by atoms with Gasteiger partial charge in [-0.1, -0.05) is 0 Å². The number of halogens is 2. The molecule has 5 atom stereocenters. The van der Waals surface area contributed by atoms with Gasteiger partial charge in [-0.2, -0.15) is 0 Å². The largest absolute Gasteiger partial charge is 0.510 e. The van der Waals surface area contributed by atoms with Crippen LogP contribution in [0.15, 0.2) is 23.0 Å². The number of aromatic hydroxyl groups is 1.